The standard InChI is InChI=1S/C23H35N3O3/c1-19(24-13-5-3-4-6-14-24)23(28)26-17-15-25(16-18-26)22(27)12-9-20-7-10-21(29-2)11-8-20/h7-8,10-11,19H,3-6,9,12-18H2,1-2H3. The number of benzene rings is 1. The van der Waals surface area contributed by atoms with Crippen molar-refractivity contribution in [1.82, 2.24) is 14.7 Å². The minimum absolute atomic E-state index is 0.0505. The second kappa shape index (κ2) is 10.6. The molecule has 3 rings (SSSR count). The van der Waals surface area contributed by atoms with Crippen LogP contribution in [0.3, 0.4) is 0 Å². The molecule has 160 valence electrons. The maximum Gasteiger partial charge on any atom is 0.239 e. The number of hydrogen-bond donors (Lipinski definition) is 0. The van der Waals surface area contributed by atoms with Crippen LogP contribution in [0.1, 0.15) is 44.6 Å². The molecule has 29 heavy (non-hydrogen) atoms. The van der Waals surface area contributed by atoms with Gasteiger partial charge in [-0.3, -0.25) is 14.5 Å². The van der Waals surface area contributed by atoms with Crippen LogP contribution in [0.25, 0.3) is 0 Å². The van der Waals surface area contributed by atoms with Gasteiger partial charge in [-0.1, -0.05) is 25.0 Å². The van der Waals surface area contributed by atoms with Gasteiger partial charge in [0.1, 0.15) is 5.75 Å². The summed E-state index contributed by atoms with van der Waals surface area (Å²) in [7, 11) is 1.65. The first-order valence-electron chi connectivity index (χ1n) is 11.0. The van der Waals surface area contributed by atoms with Crippen LogP contribution in [0.15, 0.2) is 24.3 Å². The van der Waals surface area contributed by atoms with E-state index in [0.29, 0.717) is 32.6 Å². The first kappa shape index (κ1) is 21.6. The molecule has 1 unspecified atom stereocenters. The molecule has 6 heteroatoms. The number of piperazine rings is 1. The molecule has 2 heterocycles. The molecule has 0 saturated carbocycles. The Morgan fingerprint density at radius 1 is 0.897 bits per heavy atom. The molecule has 0 aromatic heterocycles. The van der Waals surface area contributed by atoms with Crippen LogP contribution in [0, 0.1) is 0 Å². The molecule has 2 aliphatic heterocycles. The summed E-state index contributed by atoms with van der Waals surface area (Å²) in [5.41, 5.74) is 1.14. The summed E-state index contributed by atoms with van der Waals surface area (Å²) < 4.78 is 5.17. The van der Waals surface area contributed by atoms with Gasteiger partial charge in [0.05, 0.1) is 13.2 Å². The second-order valence-electron chi connectivity index (χ2n) is 8.18. The van der Waals surface area contributed by atoms with Gasteiger partial charge < -0.3 is 14.5 Å². The Morgan fingerprint density at radius 3 is 2.07 bits per heavy atom. The molecule has 2 amide bonds. The van der Waals surface area contributed by atoms with Crippen molar-refractivity contribution in [2.75, 3.05) is 46.4 Å². The predicted octanol–water partition coefficient (Wildman–Crippen LogP) is 2.56. The van der Waals surface area contributed by atoms with Crippen molar-refractivity contribution >= 4 is 11.8 Å². The first-order valence-corrected chi connectivity index (χ1v) is 11.0. The fourth-order valence-corrected chi connectivity index (χ4v) is 4.28. The number of likely N-dealkylation sites (tertiary alicyclic amines) is 1. The number of hydrogen-bond acceptors (Lipinski definition) is 4. The SMILES string of the molecule is COc1ccc(CCC(=O)N2CCN(C(=O)C(C)N3CCCCCC3)CC2)cc1. The maximum absolute atomic E-state index is 12.9. The van der Waals surface area contributed by atoms with E-state index < -0.39 is 0 Å². The lowest BCUT2D eigenvalue weighted by molar-refractivity contribution is -0.142. The largest absolute Gasteiger partial charge is 0.497 e. The van der Waals surface area contributed by atoms with Crippen LogP contribution >= 0.6 is 0 Å². The van der Waals surface area contributed by atoms with Crippen molar-refractivity contribution in [2.24, 2.45) is 0 Å². The van der Waals surface area contributed by atoms with Crippen molar-refractivity contribution in [3.05, 3.63) is 29.8 Å². The van der Waals surface area contributed by atoms with Crippen molar-refractivity contribution < 1.29 is 14.3 Å². The average Bonchev–Trinajstić information content (AvgIpc) is 3.06. The van der Waals surface area contributed by atoms with E-state index in [1.165, 1.54) is 25.7 Å². The summed E-state index contributed by atoms with van der Waals surface area (Å²) >= 11 is 0. The van der Waals surface area contributed by atoms with Crippen molar-refractivity contribution in [1.29, 1.82) is 0 Å². The van der Waals surface area contributed by atoms with Gasteiger partial charge in [-0.2, -0.15) is 0 Å². The van der Waals surface area contributed by atoms with Crippen molar-refractivity contribution in [3.8, 4) is 5.75 Å². The van der Waals surface area contributed by atoms with Gasteiger partial charge in [0.15, 0.2) is 0 Å². The Bertz CT molecular complexity index is 660. The Hall–Kier alpha value is -2.08. The Morgan fingerprint density at radius 2 is 1.48 bits per heavy atom. The summed E-state index contributed by atoms with van der Waals surface area (Å²) in [6, 6.07) is 7.82. The molecule has 6 nitrogen and oxygen atoms in total. The monoisotopic (exact) mass is 401 g/mol. The molecule has 2 saturated heterocycles. The summed E-state index contributed by atoms with van der Waals surface area (Å²) in [5, 5.41) is 0. The van der Waals surface area contributed by atoms with Crippen LogP contribution in [0.4, 0.5) is 0 Å². The molecular formula is C23H35N3O3. The Balaban J connectivity index is 1.42. The molecule has 1 atom stereocenters. The highest BCUT2D eigenvalue weighted by atomic mass is 16.5. The van der Waals surface area contributed by atoms with Crippen LogP contribution in [0.5, 0.6) is 5.75 Å². The molecule has 2 fully saturated rings. The number of methoxy groups -OCH3 is 1. The fourth-order valence-electron chi connectivity index (χ4n) is 4.28. The van der Waals surface area contributed by atoms with Crippen LogP contribution < -0.4 is 4.74 Å². The summed E-state index contributed by atoms with van der Waals surface area (Å²) in [5.74, 6) is 1.22. The third-order valence-corrected chi connectivity index (χ3v) is 6.28. The lowest BCUT2D eigenvalue weighted by Crippen LogP contribution is -2.55. The molecule has 0 N–H and O–H groups in total. The van der Waals surface area contributed by atoms with Crippen LogP contribution in [-0.4, -0.2) is 78.9 Å². The Kier molecular flexibility index (Phi) is 7.92. The molecule has 1 aromatic carbocycles. The lowest BCUT2D eigenvalue weighted by atomic mass is 10.1. The summed E-state index contributed by atoms with van der Waals surface area (Å²) in [6.45, 7) is 6.66. The number of aryl methyl sites for hydroxylation is 1. The number of carbonyl (C=O) groups is 2. The van der Waals surface area contributed by atoms with Gasteiger partial charge >= 0.3 is 0 Å². The zero-order chi connectivity index (χ0) is 20.6. The minimum atomic E-state index is -0.0505. The van der Waals surface area contributed by atoms with Gasteiger partial charge in [-0.05, 0) is 57.0 Å². The summed E-state index contributed by atoms with van der Waals surface area (Å²) in [4.78, 5) is 31.7. The van der Waals surface area contributed by atoms with Crippen molar-refractivity contribution in [2.45, 2.75) is 51.5 Å². The first-order chi connectivity index (χ1) is 14.1. The van der Waals surface area contributed by atoms with E-state index in [2.05, 4.69) is 4.90 Å². The molecule has 0 aliphatic carbocycles. The smallest absolute Gasteiger partial charge is 0.239 e. The van der Waals surface area contributed by atoms with E-state index in [0.717, 1.165) is 30.8 Å². The molecule has 0 radical (unpaired) electrons. The third-order valence-electron chi connectivity index (χ3n) is 6.28. The number of nitrogens with zero attached hydrogens (tertiary/aromatic N) is 3. The minimum Gasteiger partial charge on any atom is -0.497 e. The highest BCUT2D eigenvalue weighted by Crippen LogP contribution is 2.16. The quantitative estimate of drug-likeness (QED) is 0.735. The second-order valence-corrected chi connectivity index (χ2v) is 8.18. The van der Waals surface area contributed by atoms with Gasteiger partial charge in [0, 0.05) is 32.6 Å². The highest BCUT2D eigenvalue weighted by Gasteiger charge is 2.29. The van der Waals surface area contributed by atoms with E-state index in [1.807, 2.05) is 41.0 Å². The maximum atomic E-state index is 12.9. The van der Waals surface area contributed by atoms with E-state index >= 15 is 0 Å². The van der Waals surface area contributed by atoms with Gasteiger partial charge in [0.25, 0.3) is 0 Å². The molecule has 1 aromatic rings. The number of ether oxygens (including phenoxy) is 1. The van der Waals surface area contributed by atoms with E-state index in [1.54, 1.807) is 7.11 Å². The number of rotatable bonds is 6. The predicted molar refractivity (Wildman–Crippen MR) is 114 cm³/mol. The van der Waals surface area contributed by atoms with Crippen molar-refractivity contribution in [3.63, 3.8) is 0 Å². The number of carbonyl (C=O) groups excluding carboxylic acids is 2. The Labute approximate surface area is 174 Å². The number of amides is 2. The topological polar surface area (TPSA) is 53.1 Å². The molecule has 0 bridgehead atoms. The van der Waals surface area contributed by atoms with Gasteiger partial charge in [-0.25, -0.2) is 0 Å². The van der Waals surface area contributed by atoms with E-state index in [-0.39, 0.29) is 17.9 Å². The van der Waals surface area contributed by atoms with E-state index in [9.17, 15) is 9.59 Å². The molecule has 0 spiro atoms. The van der Waals surface area contributed by atoms with Gasteiger partial charge in [-0.15, -0.1) is 0 Å². The van der Waals surface area contributed by atoms with Crippen LogP contribution in [-0.2, 0) is 16.0 Å². The van der Waals surface area contributed by atoms with Crippen LogP contribution in [0.2, 0.25) is 0 Å². The average molecular weight is 402 g/mol. The molecular weight excluding hydrogens is 366 g/mol. The normalized spacial score (nSPS) is 19.5. The fraction of sp³-hybridized carbons (Fsp3) is 0.652. The van der Waals surface area contributed by atoms with Gasteiger partial charge in [0.2, 0.25) is 11.8 Å². The highest BCUT2D eigenvalue weighted by molar-refractivity contribution is 5.82. The van der Waals surface area contributed by atoms with E-state index in [4.69, 9.17) is 4.74 Å². The zero-order valence-electron chi connectivity index (χ0n) is 17.9. The molecule has 2 aliphatic rings. The third kappa shape index (κ3) is 5.95. The summed E-state index contributed by atoms with van der Waals surface area (Å²) in [6.07, 6.45) is 6.16. The lowest BCUT2D eigenvalue weighted by Gasteiger charge is -2.38. The zero-order valence-corrected chi connectivity index (χ0v) is 17.9.